The van der Waals surface area contributed by atoms with Crippen LogP contribution in [0.3, 0.4) is 0 Å². The number of carbonyl (C=O) groups excluding carboxylic acids is 3. The molecular weight excluding hydrogens is 743 g/mol. The van der Waals surface area contributed by atoms with Gasteiger partial charge in [0.15, 0.2) is 5.13 Å². The molecule has 254 valence electrons. The van der Waals surface area contributed by atoms with Gasteiger partial charge in [-0.3, -0.25) is 14.4 Å². The lowest BCUT2D eigenvalue weighted by molar-refractivity contribution is -0.116. The summed E-state index contributed by atoms with van der Waals surface area (Å²) < 4.78 is 0. The number of halogens is 3. The first kappa shape index (κ1) is 35.9. The van der Waals surface area contributed by atoms with Crippen molar-refractivity contribution in [3.8, 4) is 11.3 Å². The zero-order valence-electron chi connectivity index (χ0n) is 26.5. The molecule has 12 heteroatoms. The van der Waals surface area contributed by atoms with Gasteiger partial charge >= 0.3 is 0 Å². The predicted molar refractivity (Wildman–Crippen MR) is 210 cm³/mol. The van der Waals surface area contributed by atoms with Crippen molar-refractivity contribution in [1.82, 2.24) is 10.3 Å². The largest absolute Gasteiger partial charge is 0.321 e. The van der Waals surface area contributed by atoms with E-state index >= 15 is 0 Å². The first-order chi connectivity index (χ1) is 24.7. The van der Waals surface area contributed by atoms with E-state index in [1.165, 1.54) is 29.2 Å². The zero-order chi connectivity index (χ0) is 35.7. The molecule has 3 amide bonds. The number of amides is 3. The van der Waals surface area contributed by atoms with Crippen LogP contribution in [-0.4, -0.2) is 22.7 Å². The number of thiazole rings is 1. The van der Waals surface area contributed by atoms with E-state index in [4.69, 9.17) is 34.8 Å². The van der Waals surface area contributed by atoms with Gasteiger partial charge in [-0.15, -0.1) is 23.1 Å². The van der Waals surface area contributed by atoms with E-state index in [9.17, 15) is 14.4 Å². The van der Waals surface area contributed by atoms with Crippen LogP contribution in [0.4, 0.5) is 10.8 Å². The Morgan fingerprint density at radius 1 is 0.725 bits per heavy atom. The van der Waals surface area contributed by atoms with Crippen molar-refractivity contribution >= 4 is 92.5 Å². The Balaban J connectivity index is 1.23. The third-order valence-electron chi connectivity index (χ3n) is 7.39. The van der Waals surface area contributed by atoms with E-state index in [-0.39, 0.29) is 11.6 Å². The lowest BCUT2D eigenvalue weighted by Crippen LogP contribution is -2.30. The maximum atomic E-state index is 13.8. The normalized spacial score (nSPS) is 11.8. The first-order valence-electron chi connectivity index (χ1n) is 15.4. The van der Waals surface area contributed by atoms with Crippen LogP contribution in [0.25, 0.3) is 17.3 Å². The highest BCUT2D eigenvalue weighted by Gasteiger charge is 2.24. The summed E-state index contributed by atoms with van der Waals surface area (Å²) in [7, 11) is 0. The highest BCUT2D eigenvalue weighted by Crippen LogP contribution is 2.38. The van der Waals surface area contributed by atoms with E-state index in [0.29, 0.717) is 47.6 Å². The van der Waals surface area contributed by atoms with Crippen LogP contribution in [0.5, 0.6) is 0 Å². The quantitative estimate of drug-likeness (QED) is 0.0900. The number of carbonyl (C=O) groups is 3. The van der Waals surface area contributed by atoms with Crippen molar-refractivity contribution in [2.24, 2.45) is 0 Å². The topological polar surface area (TPSA) is 100 Å². The molecule has 0 spiro atoms. The molecule has 51 heavy (non-hydrogen) atoms. The van der Waals surface area contributed by atoms with Crippen LogP contribution in [-0.2, 0) is 9.59 Å². The number of hydrogen-bond donors (Lipinski definition) is 3. The van der Waals surface area contributed by atoms with Gasteiger partial charge in [0.25, 0.3) is 11.8 Å². The minimum absolute atomic E-state index is 0.0712. The molecule has 0 fully saturated rings. The molecule has 1 heterocycles. The van der Waals surface area contributed by atoms with Crippen molar-refractivity contribution in [2.45, 2.75) is 10.1 Å². The molecule has 5 aromatic carbocycles. The number of thioether (sulfide) groups is 1. The van der Waals surface area contributed by atoms with Gasteiger partial charge in [0.05, 0.1) is 5.69 Å². The number of benzene rings is 5. The zero-order valence-corrected chi connectivity index (χ0v) is 30.4. The fourth-order valence-electron chi connectivity index (χ4n) is 4.91. The second-order valence-corrected chi connectivity index (χ2v) is 14.2. The third-order valence-corrected chi connectivity index (χ3v) is 10.4. The lowest BCUT2D eigenvalue weighted by Gasteiger charge is -2.17. The summed E-state index contributed by atoms with van der Waals surface area (Å²) in [4.78, 5) is 46.0. The SMILES string of the molecule is O=C(Nc1cccc(SC(C(=O)Nc2nc(-c3ccccc3Cl)cs2)c2ccccc2)c1)/C(=C\c1c(Cl)cccc1Cl)NC(=O)c1ccccc1. The van der Waals surface area contributed by atoms with E-state index in [1.807, 2.05) is 60.0 Å². The smallest absolute Gasteiger partial charge is 0.272 e. The average molecular weight is 770 g/mol. The van der Waals surface area contributed by atoms with Crippen LogP contribution in [0.15, 0.2) is 143 Å². The number of aromatic nitrogens is 1. The van der Waals surface area contributed by atoms with E-state index in [1.54, 1.807) is 72.8 Å². The van der Waals surface area contributed by atoms with Crippen molar-refractivity contribution in [2.75, 3.05) is 10.6 Å². The van der Waals surface area contributed by atoms with Gasteiger partial charge in [0.1, 0.15) is 10.9 Å². The van der Waals surface area contributed by atoms with E-state index in [0.717, 1.165) is 11.1 Å². The van der Waals surface area contributed by atoms with Crippen LogP contribution in [0.1, 0.15) is 26.7 Å². The molecule has 3 N–H and O–H groups in total. The molecule has 0 saturated carbocycles. The summed E-state index contributed by atoms with van der Waals surface area (Å²) >= 11 is 21.8. The second kappa shape index (κ2) is 16.9. The summed E-state index contributed by atoms with van der Waals surface area (Å²) in [6, 6.07) is 37.3. The minimum atomic E-state index is -0.659. The number of hydrogen-bond acceptors (Lipinski definition) is 6. The molecule has 0 aliphatic carbocycles. The number of anilines is 2. The Morgan fingerprint density at radius 3 is 2.10 bits per heavy atom. The molecule has 6 aromatic rings. The fourth-order valence-corrected chi connectivity index (χ4v) is 7.45. The molecule has 0 radical (unpaired) electrons. The maximum absolute atomic E-state index is 13.8. The van der Waals surface area contributed by atoms with Crippen LogP contribution >= 0.6 is 57.9 Å². The highest BCUT2D eigenvalue weighted by molar-refractivity contribution is 8.00. The van der Waals surface area contributed by atoms with Crippen molar-refractivity contribution in [3.63, 3.8) is 0 Å². The molecule has 0 aliphatic rings. The maximum Gasteiger partial charge on any atom is 0.272 e. The van der Waals surface area contributed by atoms with Gasteiger partial charge in [-0.25, -0.2) is 4.98 Å². The predicted octanol–water partition coefficient (Wildman–Crippen LogP) is 10.7. The molecule has 6 rings (SSSR count). The third kappa shape index (κ3) is 9.26. The number of nitrogens with one attached hydrogen (secondary N) is 3. The van der Waals surface area contributed by atoms with Crippen molar-refractivity contribution in [3.05, 3.63) is 170 Å². The Bertz CT molecular complexity index is 2210. The second-order valence-electron chi connectivity index (χ2n) is 10.9. The first-order valence-corrected chi connectivity index (χ1v) is 18.3. The van der Waals surface area contributed by atoms with Gasteiger partial charge < -0.3 is 16.0 Å². The van der Waals surface area contributed by atoms with Gasteiger partial charge in [-0.2, -0.15) is 0 Å². The van der Waals surface area contributed by atoms with Crippen LogP contribution in [0.2, 0.25) is 15.1 Å². The Hall–Kier alpha value is -4.90. The summed E-state index contributed by atoms with van der Waals surface area (Å²) in [5.74, 6) is -1.36. The van der Waals surface area contributed by atoms with E-state index in [2.05, 4.69) is 20.9 Å². The molecular formula is C39H27Cl3N4O3S2. The Labute approximate surface area is 317 Å². The van der Waals surface area contributed by atoms with Crippen LogP contribution < -0.4 is 16.0 Å². The molecule has 0 aliphatic heterocycles. The monoisotopic (exact) mass is 768 g/mol. The van der Waals surface area contributed by atoms with Gasteiger partial charge in [0, 0.05) is 47.7 Å². The average Bonchev–Trinajstić information content (AvgIpc) is 3.60. The van der Waals surface area contributed by atoms with Gasteiger partial charge in [0.2, 0.25) is 5.91 Å². The Kier molecular flexibility index (Phi) is 11.9. The molecule has 0 saturated heterocycles. The lowest BCUT2D eigenvalue weighted by atomic mass is 10.1. The number of rotatable bonds is 11. The molecule has 1 atom stereocenters. The molecule has 0 bridgehead atoms. The summed E-state index contributed by atoms with van der Waals surface area (Å²) in [5.41, 5.74) is 3.32. The van der Waals surface area contributed by atoms with Crippen LogP contribution in [0, 0.1) is 0 Å². The molecule has 1 unspecified atom stereocenters. The van der Waals surface area contributed by atoms with Gasteiger partial charge in [-0.1, -0.05) is 114 Å². The minimum Gasteiger partial charge on any atom is -0.321 e. The molecule has 7 nitrogen and oxygen atoms in total. The highest BCUT2D eigenvalue weighted by atomic mass is 35.5. The fraction of sp³-hybridized carbons (Fsp3) is 0.0256. The number of nitrogens with zero attached hydrogens (tertiary/aromatic N) is 1. The Morgan fingerprint density at radius 2 is 1.37 bits per heavy atom. The van der Waals surface area contributed by atoms with Crippen molar-refractivity contribution in [1.29, 1.82) is 0 Å². The van der Waals surface area contributed by atoms with E-state index < -0.39 is 17.1 Å². The summed E-state index contributed by atoms with van der Waals surface area (Å²) in [5, 5.41) is 11.3. The summed E-state index contributed by atoms with van der Waals surface area (Å²) in [6.07, 6.45) is 1.44. The summed E-state index contributed by atoms with van der Waals surface area (Å²) in [6.45, 7) is 0. The molecule has 1 aromatic heterocycles. The van der Waals surface area contributed by atoms with Gasteiger partial charge in [-0.05, 0) is 60.2 Å². The van der Waals surface area contributed by atoms with Crippen molar-refractivity contribution < 1.29 is 14.4 Å². The standard InChI is InChI=1S/C39H27Cl3N4O3S2/c40-30-18-8-7-17-28(30)34-23-50-39(45-34)46-38(49)35(24-11-3-1-4-12-24)51-27-16-9-15-26(21-27)43-37(48)33(22-29-31(41)19-10-20-32(29)42)44-36(47)25-13-5-2-6-14-25/h1-23,35H,(H,43,48)(H,44,47)(H,45,46,49)/b33-22+.